The molecule has 1 aliphatic heterocycles. The van der Waals surface area contributed by atoms with Crippen LogP contribution < -0.4 is 16.0 Å². The lowest BCUT2D eigenvalue weighted by Crippen LogP contribution is -2.44. The summed E-state index contributed by atoms with van der Waals surface area (Å²) in [6.45, 7) is 2.70. The van der Waals surface area contributed by atoms with Crippen molar-refractivity contribution in [2.75, 3.05) is 34.2 Å². The van der Waals surface area contributed by atoms with Crippen LogP contribution in [-0.4, -0.2) is 51.0 Å². The van der Waals surface area contributed by atoms with Crippen LogP contribution in [0.15, 0.2) is 46.8 Å². The van der Waals surface area contributed by atoms with E-state index in [9.17, 15) is 4.79 Å². The number of rotatable bonds is 6. The van der Waals surface area contributed by atoms with Gasteiger partial charge in [-0.2, -0.15) is 0 Å². The quantitative estimate of drug-likeness (QED) is 0.503. The maximum Gasteiger partial charge on any atom is 0.251 e. The summed E-state index contributed by atoms with van der Waals surface area (Å²) < 4.78 is 0. The van der Waals surface area contributed by atoms with Crippen LogP contribution in [0.25, 0.3) is 0 Å². The molecule has 1 fully saturated rings. The third-order valence-electron chi connectivity index (χ3n) is 5.50. The molecule has 2 unspecified atom stereocenters. The van der Waals surface area contributed by atoms with Crippen molar-refractivity contribution in [3.05, 3.63) is 57.8 Å². The van der Waals surface area contributed by atoms with Crippen LogP contribution in [0.3, 0.4) is 0 Å². The average molecular weight is 414 g/mol. The highest BCUT2D eigenvalue weighted by molar-refractivity contribution is 7.10. The Balaban J connectivity index is 1.54. The Morgan fingerprint density at radius 1 is 1.24 bits per heavy atom. The molecule has 6 nitrogen and oxygen atoms in total. The number of likely N-dealkylation sites (tertiary alicyclic amines) is 1. The van der Waals surface area contributed by atoms with Gasteiger partial charge in [0.05, 0.1) is 0 Å². The lowest BCUT2D eigenvalue weighted by molar-refractivity contribution is 0.0963. The third kappa shape index (κ3) is 5.58. The minimum Gasteiger partial charge on any atom is -0.356 e. The predicted octanol–water partition coefficient (Wildman–Crippen LogP) is 2.86. The maximum atomic E-state index is 11.6. The number of hydrogen-bond acceptors (Lipinski definition) is 4. The summed E-state index contributed by atoms with van der Waals surface area (Å²) in [6.07, 6.45) is 2.45. The minimum atomic E-state index is -0.0697. The Morgan fingerprint density at radius 2 is 2.03 bits per heavy atom. The number of amides is 1. The molecule has 3 rings (SSSR count). The van der Waals surface area contributed by atoms with Crippen LogP contribution in [0, 0.1) is 5.92 Å². The van der Waals surface area contributed by atoms with Gasteiger partial charge in [-0.1, -0.05) is 18.2 Å². The van der Waals surface area contributed by atoms with Crippen molar-refractivity contribution >= 4 is 23.2 Å². The molecule has 7 heteroatoms. The third-order valence-corrected chi connectivity index (χ3v) is 6.44. The Hall–Kier alpha value is -2.38. The number of aliphatic imine (C=N–C) groups is 1. The Kier molecular flexibility index (Phi) is 7.66. The van der Waals surface area contributed by atoms with E-state index in [4.69, 9.17) is 0 Å². The van der Waals surface area contributed by atoms with E-state index in [1.54, 1.807) is 14.1 Å². The Bertz CT molecular complexity index is 803. The number of carbonyl (C=O) groups excluding carboxylic acids is 1. The van der Waals surface area contributed by atoms with Gasteiger partial charge in [0.25, 0.3) is 5.91 Å². The van der Waals surface area contributed by atoms with E-state index in [0.29, 0.717) is 24.1 Å². The topological polar surface area (TPSA) is 68.8 Å². The van der Waals surface area contributed by atoms with Gasteiger partial charge in [-0.25, -0.2) is 0 Å². The first kappa shape index (κ1) is 21.3. The van der Waals surface area contributed by atoms with E-state index in [1.165, 1.54) is 17.7 Å². The van der Waals surface area contributed by atoms with E-state index >= 15 is 0 Å². The molecule has 0 radical (unpaired) electrons. The molecule has 1 aromatic carbocycles. The summed E-state index contributed by atoms with van der Waals surface area (Å²) in [6, 6.07) is 12.5. The molecule has 1 aliphatic rings. The van der Waals surface area contributed by atoms with Crippen LogP contribution in [0.2, 0.25) is 0 Å². The zero-order chi connectivity index (χ0) is 20.6. The van der Waals surface area contributed by atoms with Crippen LogP contribution in [0.4, 0.5) is 0 Å². The molecule has 0 aliphatic carbocycles. The number of carbonyl (C=O) groups is 1. The fourth-order valence-electron chi connectivity index (χ4n) is 3.93. The molecule has 2 atom stereocenters. The Morgan fingerprint density at radius 3 is 2.69 bits per heavy atom. The van der Waals surface area contributed by atoms with Crippen LogP contribution in [-0.2, 0) is 6.54 Å². The SMILES string of the molecule is CN=C(NCc1ccc(C(=O)NC)cc1)NCC1CCCN(C)C1c1cccs1. The summed E-state index contributed by atoms with van der Waals surface area (Å²) >= 11 is 1.85. The van der Waals surface area contributed by atoms with Crippen molar-refractivity contribution in [3.8, 4) is 0 Å². The molecule has 29 heavy (non-hydrogen) atoms. The van der Waals surface area contributed by atoms with Crippen molar-refractivity contribution in [2.45, 2.75) is 25.4 Å². The van der Waals surface area contributed by atoms with E-state index in [0.717, 1.165) is 24.6 Å². The number of hydrogen-bond donors (Lipinski definition) is 3. The largest absolute Gasteiger partial charge is 0.356 e. The van der Waals surface area contributed by atoms with Crippen molar-refractivity contribution in [1.29, 1.82) is 0 Å². The fourth-order valence-corrected chi connectivity index (χ4v) is 4.92. The number of nitrogens with one attached hydrogen (secondary N) is 3. The lowest BCUT2D eigenvalue weighted by Gasteiger charge is -2.39. The normalized spacial score (nSPS) is 20.3. The van der Waals surface area contributed by atoms with Gasteiger partial charge in [0.2, 0.25) is 0 Å². The molecule has 0 spiro atoms. The molecule has 3 N–H and O–H groups in total. The molecule has 1 aromatic heterocycles. The summed E-state index contributed by atoms with van der Waals surface area (Å²) in [5.74, 6) is 1.29. The molecule has 2 heterocycles. The second-order valence-electron chi connectivity index (χ2n) is 7.43. The van der Waals surface area contributed by atoms with Gasteiger partial charge in [-0.3, -0.25) is 14.7 Å². The zero-order valence-corrected chi connectivity index (χ0v) is 18.3. The summed E-state index contributed by atoms with van der Waals surface area (Å²) in [4.78, 5) is 19.9. The first-order valence-electron chi connectivity index (χ1n) is 10.1. The zero-order valence-electron chi connectivity index (χ0n) is 17.4. The molecule has 1 saturated heterocycles. The highest BCUT2D eigenvalue weighted by Gasteiger charge is 2.31. The van der Waals surface area contributed by atoms with Crippen LogP contribution >= 0.6 is 11.3 Å². The number of thiophene rings is 1. The molecular formula is C22H31N5OS. The summed E-state index contributed by atoms with van der Waals surface area (Å²) in [5, 5.41) is 11.7. The van der Waals surface area contributed by atoms with Gasteiger partial charge in [0.1, 0.15) is 0 Å². The second-order valence-corrected chi connectivity index (χ2v) is 8.41. The molecular weight excluding hydrogens is 382 g/mol. The van der Waals surface area contributed by atoms with Crippen LogP contribution in [0.5, 0.6) is 0 Å². The molecule has 0 saturated carbocycles. The van der Waals surface area contributed by atoms with Gasteiger partial charge in [-0.05, 0) is 61.5 Å². The second kappa shape index (κ2) is 10.4. The maximum absolute atomic E-state index is 11.6. The van der Waals surface area contributed by atoms with Gasteiger partial charge >= 0.3 is 0 Å². The number of guanidine groups is 1. The molecule has 0 bridgehead atoms. The van der Waals surface area contributed by atoms with E-state index in [-0.39, 0.29) is 5.91 Å². The number of piperidine rings is 1. The first-order valence-corrected chi connectivity index (χ1v) is 11.0. The first-order chi connectivity index (χ1) is 14.1. The van der Waals surface area contributed by atoms with E-state index in [1.807, 2.05) is 35.6 Å². The van der Waals surface area contributed by atoms with Crippen molar-refractivity contribution in [2.24, 2.45) is 10.9 Å². The van der Waals surface area contributed by atoms with Gasteiger partial charge in [0.15, 0.2) is 5.96 Å². The van der Waals surface area contributed by atoms with E-state index in [2.05, 4.69) is 50.4 Å². The highest BCUT2D eigenvalue weighted by atomic mass is 32.1. The smallest absolute Gasteiger partial charge is 0.251 e. The van der Waals surface area contributed by atoms with Crippen molar-refractivity contribution in [3.63, 3.8) is 0 Å². The monoisotopic (exact) mass is 413 g/mol. The van der Waals surface area contributed by atoms with Crippen molar-refractivity contribution in [1.82, 2.24) is 20.9 Å². The van der Waals surface area contributed by atoms with Gasteiger partial charge in [-0.15, -0.1) is 11.3 Å². The van der Waals surface area contributed by atoms with Gasteiger partial charge in [0, 0.05) is 43.7 Å². The minimum absolute atomic E-state index is 0.0697. The highest BCUT2D eigenvalue weighted by Crippen LogP contribution is 2.36. The fraction of sp³-hybridized carbons (Fsp3) is 0.455. The number of nitrogens with zero attached hydrogens (tertiary/aromatic N) is 2. The molecule has 2 aromatic rings. The van der Waals surface area contributed by atoms with E-state index < -0.39 is 0 Å². The lowest BCUT2D eigenvalue weighted by atomic mass is 9.88. The predicted molar refractivity (Wildman–Crippen MR) is 120 cm³/mol. The van der Waals surface area contributed by atoms with Crippen molar-refractivity contribution < 1.29 is 4.79 Å². The summed E-state index contributed by atoms with van der Waals surface area (Å²) in [7, 11) is 5.67. The number of benzene rings is 1. The molecule has 1 amide bonds. The standard InChI is InChI=1S/C22H31N5OS/c1-23-21(28)17-10-8-16(9-11-17)14-25-22(24-2)26-15-18-6-4-12-27(3)20(18)19-7-5-13-29-19/h5,7-11,13,18,20H,4,6,12,14-15H2,1-3H3,(H,23,28)(H2,24,25,26). The summed E-state index contributed by atoms with van der Waals surface area (Å²) in [5.41, 5.74) is 1.77. The molecule has 156 valence electrons. The van der Waals surface area contributed by atoms with Gasteiger partial charge < -0.3 is 16.0 Å². The Labute approximate surface area is 177 Å². The van der Waals surface area contributed by atoms with Crippen LogP contribution in [0.1, 0.15) is 39.7 Å². The average Bonchev–Trinajstić information content (AvgIpc) is 3.28.